The fraction of sp³-hybridized carbons (Fsp3) is 0.944. The van der Waals surface area contributed by atoms with E-state index in [1.807, 2.05) is 40.4 Å². The maximum Gasteiger partial charge on any atom is 0.500 e. The third-order valence-electron chi connectivity index (χ3n) is 3.96. The zero-order valence-electron chi connectivity index (χ0n) is 19.1. The van der Waals surface area contributed by atoms with Gasteiger partial charge in [-0.05, 0) is 53.4 Å². The lowest BCUT2D eigenvalue weighted by Gasteiger charge is -2.35. The Hall–Kier alpha value is -0.0394. The third kappa shape index (κ3) is 12.2. The number of hydrogen-bond acceptors (Lipinski definition) is 6. The van der Waals surface area contributed by atoms with E-state index in [4.69, 9.17) is 17.7 Å². The van der Waals surface area contributed by atoms with Crippen LogP contribution in [0.15, 0.2) is 0 Å². The zero-order valence-corrected chi connectivity index (χ0v) is 22.1. The highest BCUT2D eigenvalue weighted by molar-refractivity contribution is 6.73. The molecule has 162 valence electrons. The van der Waals surface area contributed by atoms with Crippen LogP contribution in [0.1, 0.15) is 33.6 Å². The van der Waals surface area contributed by atoms with E-state index in [2.05, 4.69) is 24.2 Å². The molecule has 27 heavy (non-hydrogen) atoms. The summed E-state index contributed by atoms with van der Waals surface area (Å²) in [6.07, 6.45) is 1.40. The second-order valence-corrected chi connectivity index (χ2v) is 20.7. The lowest BCUT2D eigenvalue weighted by atomic mass is 10.4. The smallest absolute Gasteiger partial charge is 0.500 e. The van der Waals surface area contributed by atoms with Crippen LogP contribution in [0.2, 0.25) is 45.3 Å². The van der Waals surface area contributed by atoms with Crippen molar-refractivity contribution in [1.82, 2.24) is 4.57 Å². The summed E-state index contributed by atoms with van der Waals surface area (Å²) in [5.74, 6) is -0.0703. The van der Waals surface area contributed by atoms with Gasteiger partial charge in [0.25, 0.3) is 5.97 Å². The molecular formula is C18H43NO5Si3. The van der Waals surface area contributed by atoms with Gasteiger partial charge in [-0.15, -0.1) is 0 Å². The van der Waals surface area contributed by atoms with E-state index in [1.54, 1.807) is 0 Å². The van der Waals surface area contributed by atoms with Gasteiger partial charge >= 0.3 is 8.80 Å². The molecule has 0 saturated heterocycles. The van der Waals surface area contributed by atoms with Crippen LogP contribution in [0.25, 0.3) is 0 Å². The summed E-state index contributed by atoms with van der Waals surface area (Å²) >= 11 is 0. The zero-order chi connectivity index (χ0) is 21.1. The molecule has 0 unspecified atom stereocenters. The minimum atomic E-state index is -2.60. The topological polar surface area (TPSA) is 57.2 Å². The second kappa shape index (κ2) is 12.5. The number of hydrogen-bond donors (Lipinski definition) is 0. The standard InChI is InChI=1S/C18H43NO5Si3/c1-10-21-27(22-11-2,23-12-3)17-13-15-19(25(4,5)6)16-14-18(20)24-26(7,8)9/h10-17H2,1-9H3. The molecule has 0 amide bonds. The average Bonchev–Trinajstić information content (AvgIpc) is 2.48. The first kappa shape index (κ1) is 27.0. The summed E-state index contributed by atoms with van der Waals surface area (Å²) in [4.78, 5) is 12.1. The Morgan fingerprint density at radius 3 is 1.67 bits per heavy atom. The quantitative estimate of drug-likeness (QED) is 0.355. The third-order valence-corrected chi connectivity index (χ3v) is 10.3. The maximum atomic E-state index is 12.1. The SMILES string of the molecule is CCO[Si](CCCN(CCC(=O)O[Si](C)(C)C)[Si](C)(C)C)(OCC)OCC. The summed E-state index contributed by atoms with van der Waals surface area (Å²) < 4.78 is 25.9. The Balaban J connectivity index is 4.79. The van der Waals surface area contributed by atoms with E-state index < -0.39 is 25.4 Å². The highest BCUT2D eigenvalue weighted by Crippen LogP contribution is 2.20. The van der Waals surface area contributed by atoms with Gasteiger partial charge in [0.2, 0.25) is 8.32 Å². The molecule has 0 aliphatic rings. The van der Waals surface area contributed by atoms with Crippen molar-refractivity contribution in [2.45, 2.75) is 78.9 Å². The van der Waals surface area contributed by atoms with Crippen LogP contribution in [-0.4, -0.2) is 68.8 Å². The van der Waals surface area contributed by atoms with E-state index in [0.29, 0.717) is 26.2 Å². The van der Waals surface area contributed by atoms with Crippen molar-refractivity contribution < 1.29 is 22.5 Å². The van der Waals surface area contributed by atoms with Crippen molar-refractivity contribution in [3.8, 4) is 0 Å². The molecule has 0 rings (SSSR count). The fourth-order valence-corrected chi connectivity index (χ4v) is 7.88. The van der Waals surface area contributed by atoms with E-state index in [1.165, 1.54) is 0 Å². The molecule has 0 atom stereocenters. The summed E-state index contributed by atoms with van der Waals surface area (Å²) in [5, 5.41) is 0. The predicted octanol–water partition coefficient (Wildman–Crippen LogP) is 4.33. The molecule has 0 heterocycles. The van der Waals surface area contributed by atoms with Crippen LogP contribution in [0.4, 0.5) is 0 Å². The maximum absolute atomic E-state index is 12.1. The highest BCUT2D eigenvalue weighted by Gasteiger charge is 2.40. The van der Waals surface area contributed by atoms with E-state index >= 15 is 0 Å². The molecule has 0 aromatic carbocycles. The fourth-order valence-electron chi connectivity index (χ4n) is 2.89. The van der Waals surface area contributed by atoms with Gasteiger partial charge in [-0.3, -0.25) is 4.79 Å². The van der Waals surface area contributed by atoms with E-state index in [9.17, 15) is 4.79 Å². The van der Waals surface area contributed by atoms with E-state index in [-0.39, 0.29) is 5.97 Å². The highest BCUT2D eigenvalue weighted by atomic mass is 28.4. The van der Waals surface area contributed by atoms with Crippen LogP contribution >= 0.6 is 0 Å². The van der Waals surface area contributed by atoms with Gasteiger partial charge < -0.3 is 22.3 Å². The molecular weight excluding hydrogens is 394 g/mol. The summed E-state index contributed by atoms with van der Waals surface area (Å²) in [6, 6.07) is 0.808. The van der Waals surface area contributed by atoms with Crippen molar-refractivity contribution >= 4 is 31.3 Å². The molecule has 0 fully saturated rings. The largest absolute Gasteiger partial charge is 0.520 e. The molecule has 0 N–H and O–H groups in total. The first-order valence-electron chi connectivity index (χ1n) is 10.3. The number of carbonyl (C=O) groups is 1. The molecule has 9 heteroatoms. The minimum absolute atomic E-state index is 0.0703. The van der Waals surface area contributed by atoms with Crippen molar-refractivity contribution in [2.24, 2.45) is 0 Å². The lowest BCUT2D eigenvalue weighted by Crippen LogP contribution is -2.49. The van der Waals surface area contributed by atoms with Crippen molar-refractivity contribution in [2.75, 3.05) is 32.9 Å². The molecule has 0 saturated carbocycles. The van der Waals surface area contributed by atoms with Gasteiger partial charge in [-0.25, -0.2) is 0 Å². The Labute approximate surface area is 170 Å². The molecule has 0 bridgehead atoms. The summed E-state index contributed by atoms with van der Waals surface area (Å²) in [6.45, 7) is 22.5. The van der Waals surface area contributed by atoms with Crippen LogP contribution in [0.5, 0.6) is 0 Å². The molecule has 0 spiro atoms. The molecule has 0 aliphatic heterocycles. The minimum Gasteiger partial charge on any atom is -0.520 e. The van der Waals surface area contributed by atoms with E-state index in [0.717, 1.165) is 25.6 Å². The Morgan fingerprint density at radius 1 is 0.815 bits per heavy atom. The van der Waals surface area contributed by atoms with Gasteiger partial charge in [0, 0.05) is 32.4 Å². The van der Waals surface area contributed by atoms with Crippen molar-refractivity contribution in [3.05, 3.63) is 0 Å². The Kier molecular flexibility index (Phi) is 12.5. The van der Waals surface area contributed by atoms with Gasteiger partial charge in [0.05, 0.1) is 6.42 Å². The Bertz CT molecular complexity index is 407. The van der Waals surface area contributed by atoms with Crippen LogP contribution in [-0.2, 0) is 22.5 Å². The second-order valence-electron chi connectivity index (χ2n) is 8.58. The monoisotopic (exact) mass is 437 g/mol. The molecule has 0 aliphatic carbocycles. The lowest BCUT2D eigenvalue weighted by molar-refractivity contribution is -0.135. The number of carbonyl (C=O) groups excluding carboxylic acids is 1. The predicted molar refractivity (Wildman–Crippen MR) is 119 cm³/mol. The summed E-state index contributed by atoms with van der Waals surface area (Å²) in [5.41, 5.74) is 0. The van der Waals surface area contributed by atoms with Crippen molar-refractivity contribution in [3.63, 3.8) is 0 Å². The molecule has 0 radical (unpaired) electrons. The Morgan fingerprint density at radius 2 is 1.30 bits per heavy atom. The first-order valence-corrected chi connectivity index (χ1v) is 19.1. The number of rotatable bonds is 15. The van der Waals surface area contributed by atoms with Gasteiger partial charge in [-0.1, -0.05) is 19.6 Å². The molecule has 0 aromatic heterocycles. The normalized spacial score (nSPS) is 13.3. The average molecular weight is 438 g/mol. The van der Waals surface area contributed by atoms with Gasteiger partial charge in [0.15, 0.2) is 0 Å². The van der Waals surface area contributed by atoms with Gasteiger partial charge in [0.1, 0.15) is 8.24 Å². The van der Waals surface area contributed by atoms with Crippen molar-refractivity contribution in [1.29, 1.82) is 0 Å². The molecule has 0 aromatic rings. The van der Waals surface area contributed by atoms with Crippen LogP contribution < -0.4 is 0 Å². The van der Waals surface area contributed by atoms with Crippen LogP contribution in [0, 0.1) is 0 Å². The first-order chi connectivity index (χ1) is 12.4. The van der Waals surface area contributed by atoms with Crippen LogP contribution in [0.3, 0.4) is 0 Å². The molecule has 6 nitrogen and oxygen atoms in total. The number of nitrogens with zero attached hydrogens (tertiary/aromatic N) is 1. The summed E-state index contributed by atoms with van der Waals surface area (Å²) in [7, 11) is -5.95. The van der Waals surface area contributed by atoms with Gasteiger partial charge in [-0.2, -0.15) is 0 Å².